The third-order valence-electron chi connectivity index (χ3n) is 2.59. The maximum atomic E-state index is 9.08. The molecule has 0 saturated carbocycles. The van der Waals surface area contributed by atoms with Crippen LogP contribution in [0.25, 0.3) is 11.4 Å². The zero-order valence-electron chi connectivity index (χ0n) is 10.2. The van der Waals surface area contributed by atoms with Crippen LogP contribution in [0, 0.1) is 0 Å². The predicted molar refractivity (Wildman–Crippen MR) is 69.1 cm³/mol. The highest BCUT2D eigenvalue weighted by Crippen LogP contribution is 2.21. The van der Waals surface area contributed by atoms with Crippen molar-refractivity contribution in [1.82, 2.24) is 9.55 Å². The number of hydrogen-bond acceptors (Lipinski definition) is 3. The molecule has 2 aromatic rings. The van der Waals surface area contributed by atoms with Crippen LogP contribution in [0.15, 0.2) is 36.5 Å². The Morgan fingerprint density at radius 3 is 2.53 bits per heavy atom. The molecular weight excluding hydrogens is 214 g/mol. The number of rotatable bonds is 4. The highest BCUT2D eigenvalue weighted by atomic mass is 16.3. The van der Waals surface area contributed by atoms with E-state index in [0.717, 1.165) is 17.2 Å². The summed E-state index contributed by atoms with van der Waals surface area (Å²) in [6, 6.07) is 10.0. The Morgan fingerprint density at radius 2 is 1.94 bits per heavy atom. The second kappa shape index (κ2) is 5.01. The van der Waals surface area contributed by atoms with Crippen LogP contribution in [-0.4, -0.2) is 35.4 Å². The maximum Gasteiger partial charge on any atom is 0.146 e. The van der Waals surface area contributed by atoms with E-state index in [-0.39, 0.29) is 6.61 Å². The van der Waals surface area contributed by atoms with Crippen molar-refractivity contribution < 1.29 is 5.11 Å². The summed E-state index contributed by atoms with van der Waals surface area (Å²) in [5.74, 6) is 1.79. The quantitative estimate of drug-likeness (QED) is 0.869. The van der Waals surface area contributed by atoms with Crippen molar-refractivity contribution >= 4 is 5.82 Å². The highest BCUT2D eigenvalue weighted by Gasteiger charge is 2.10. The van der Waals surface area contributed by atoms with Crippen LogP contribution in [0.3, 0.4) is 0 Å². The minimum atomic E-state index is 0.114. The number of aliphatic hydroxyl groups is 1. The molecule has 0 fully saturated rings. The standard InChI is InChI=1S/C13H17N3O/c1-15(2)12-10-16(8-9-17)13(14-12)11-6-4-3-5-7-11/h3-7,10,17H,8-9H2,1-2H3. The van der Waals surface area contributed by atoms with Crippen molar-refractivity contribution in [3.8, 4) is 11.4 Å². The summed E-state index contributed by atoms with van der Waals surface area (Å²) in [5, 5.41) is 9.08. The van der Waals surface area contributed by atoms with Crippen LogP contribution in [0.1, 0.15) is 0 Å². The maximum absolute atomic E-state index is 9.08. The van der Waals surface area contributed by atoms with Crippen LogP contribution in [0.2, 0.25) is 0 Å². The molecule has 4 heteroatoms. The van der Waals surface area contributed by atoms with Crippen LogP contribution in [-0.2, 0) is 6.54 Å². The minimum absolute atomic E-state index is 0.114. The van der Waals surface area contributed by atoms with Crippen molar-refractivity contribution in [3.05, 3.63) is 36.5 Å². The average Bonchev–Trinajstić information content (AvgIpc) is 2.75. The third kappa shape index (κ3) is 2.47. The molecular formula is C13H17N3O. The van der Waals surface area contributed by atoms with Crippen molar-refractivity contribution in [2.24, 2.45) is 0 Å². The molecule has 0 unspecified atom stereocenters. The van der Waals surface area contributed by atoms with Crippen molar-refractivity contribution in [3.63, 3.8) is 0 Å². The highest BCUT2D eigenvalue weighted by molar-refractivity contribution is 5.59. The van der Waals surface area contributed by atoms with Gasteiger partial charge in [-0.1, -0.05) is 30.3 Å². The van der Waals surface area contributed by atoms with Gasteiger partial charge in [0.15, 0.2) is 0 Å². The molecule has 4 nitrogen and oxygen atoms in total. The van der Waals surface area contributed by atoms with Crippen LogP contribution in [0.5, 0.6) is 0 Å². The summed E-state index contributed by atoms with van der Waals surface area (Å²) in [6.45, 7) is 0.675. The van der Waals surface area contributed by atoms with Gasteiger partial charge in [0.05, 0.1) is 6.61 Å². The molecule has 0 saturated heterocycles. The largest absolute Gasteiger partial charge is 0.395 e. The molecule has 0 aliphatic heterocycles. The molecule has 1 aromatic heterocycles. The number of aliphatic hydroxyl groups excluding tert-OH is 1. The fourth-order valence-electron chi connectivity index (χ4n) is 1.71. The first-order chi connectivity index (χ1) is 8.22. The van der Waals surface area contributed by atoms with Gasteiger partial charge >= 0.3 is 0 Å². The van der Waals surface area contributed by atoms with Crippen molar-refractivity contribution in [2.75, 3.05) is 25.6 Å². The molecule has 90 valence electrons. The molecule has 0 spiro atoms. The van der Waals surface area contributed by atoms with Gasteiger partial charge < -0.3 is 14.6 Å². The van der Waals surface area contributed by atoms with Gasteiger partial charge in [-0.05, 0) is 0 Å². The number of aromatic nitrogens is 2. The summed E-state index contributed by atoms with van der Waals surface area (Å²) < 4.78 is 1.98. The second-order valence-corrected chi connectivity index (χ2v) is 4.10. The Kier molecular flexibility index (Phi) is 3.44. The van der Waals surface area contributed by atoms with E-state index >= 15 is 0 Å². The smallest absolute Gasteiger partial charge is 0.146 e. The Hall–Kier alpha value is -1.81. The normalized spacial score (nSPS) is 10.5. The topological polar surface area (TPSA) is 41.3 Å². The van der Waals surface area contributed by atoms with Gasteiger partial charge in [-0.25, -0.2) is 4.98 Å². The zero-order chi connectivity index (χ0) is 12.3. The molecule has 0 bridgehead atoms. The lowest BCUT2D eigenvalue weighted by Crippen LogP contribution is -2.08. The summed E-state index contributed by atoms with van der Waals surface area (Å²) in [7, 11) is 3.92. The van der Waals surface area contributed by atoms with E-state index in [4.69, 9.17) is 5.11 Å². The Bertz CT molecular complexity index is 477. The molecule has 0 radical (unpaired) electrons. The van der Waals surface area contributed by atoms with Gasteiger partial charge in [0.25, 0.3) is 0 Å². The van der Waals surface area contributed by atoms with E-state index in [1.54, 1.807) is 0 Å². The van der Waals surface area contributed by atoms with Gasteiger partial charge in [0, 0.05) is 32.4 Å². The SMILES string of the molecule is CN(C)c1cn(CCO)c(-c2ccccc2)n1. The Balaban J connectivity index is 2.44. The number of imidazole rings is 1. The van der Waals surface area contributed by atoms with E-state index < -0.39 is 0 Å². The van der Waals surface area contributed by atoms with Crippen LogP contribution < -0.4 is 4.90 Å². The van der Waals surface area contributed by atoms with Gasteiger partial charge in [0.1, 0.15) is 11.6 Å². The predicted octanol–water partition coefficient (Wildman–Crippen LogP) is 1.61. The Morgan fingerprint density at radius 1 is 1.24 bits per heavy atom. The molecule has 17 heavy (non-hydrogen) atoms. The number of anilines is 1. The summed E-state index contributed by atoms with van der Waals surface area (Å²) in [6.07, 6.45) is 1.96. The second-order valence-electron chi connectivity index (χ2n) is 4.10. The van der Waals surface area contributed by atoms with Crippen LogP contribution in [0.4, 0.5) is 5.82 Å². The van der Waals surface area contributed by atoms with Crippen molar-refractivity contribution in [2.45, 2.75) is 6.54 Å². The first-order valence-corrected chi connectivity index (χ1v) is 5.63. The van der Waals surface area contributed by atoms with Crippen LogP contribution >= 0.6 is 0 Å². The molecule has 0 aliphatic rings. The number of nitrogens with zero attached hydrogens (tertiary/aromatic N) is 3. The molecule has 0 aliphatic carbocycles. The van der Waals surface area contributed by atoms with E-state index in [2.05, 4.69) is 4.98 Å². The van der Waals surface area contributed by atoms with Gasteiger partial charge in [-0.3, -0.25) is 0 Å². The molecule has 0 atom stereocenters. The average molecular weight is 231 g/mol. The fourth-order valence-corrected chi connectivity index (χ4v) is 1.71. The number of hydrogen-bond donors (Lipinski definition) is 1. The molecule has 1 heterocycles. The minimum Gasteiger partial charge on any atom is -0.395 e. The fraction of sp³-hybridized carbons (Fsp3) is 0.308. The lowest BCUT2D eigenvalue weighted by Gasteiger charge is -2.05. The molecule has 2 rings (SSSR count). The molecule has 0 amide bonds. The lowest BCUT2D eigenvalue weighted by atomic mass is 10.2. The Labute approximate surface area is 101 Å². The lowest BCUT2D eigenvalue weighted by molar-refractivity contribution is 0.277. The summed E-state index contributed by atoms with van der Waals surface area (Å²) in [5.41, 5.74) is 1.06. The first-order valence-electron chi connectivity index (χ1n) is 5.63. The van der Waals surface area contributed by atoms with E-state index in [1.807, 2.05) is 60.1 Å². The van der Waals surface area contributed by atoms with E-state index in [9.17, 15) is 0 Å². The monoisotopic (exact) mass is 231 g/mol. The van der Waals surface area contributed by atoms with Gasteiger partial charge in [-0.15, -0.1) is 0 Å². The summed E-state index contributed by atoms with van der Waals surface area (Å²) in [4.78, 5) is 6.53. The van der Waals surface area contributed by atoms with Crippen molar-refractivity contribution in [1.29, 1.82) is 0 Å². The molecule has 1 N–H and O–H groups in total. The first kappa shape index (κ1) is 11.7. The molecule has 1 aromatic carbocycles. The summed E-state index contributed by atoms with van der Waals surface area (Å²) >= 11 is 0. The third-order valence-corrected chi connectivity index (χ3v) is 2.59. The number of benzene rings is 1. The van der Waals surface area contributed by atoms with Gasteiger partial charge in [0.2, 0.25) is 0 Å². The van der Waals surface area contributed by atoms with E-state index in [1.165, 1.54) is 0 Å². The van der Waals surface area contributed by atoms with Gasteiger partial charge in [-0.2, -0.15) is 0 Å². The van der Waals surface area contributed by atoms with E-state index in [0.29, 0.717) is 6.54 Å². The zero-order valence-corrected chi connectivity index (χ0v) is 10.2.